The van der Waals surface area contributed by atoms with Crippen molar-refractivity contribution in [2.24, 2.45) is 29.6 Å². The van der Waals surface area contributed by atoms with Gasteiger partial charge in [-0.25, -0.2) is 0 Å². The zero-order chi connectivity index (χ0) is 15.2. The van der Waals surface area contributed by atoms with Gasteiger partial charge in [0.25, 0.3) is 0 Å². The average Bonchev–Trinajstić information content (AvgIpc) is 3.16. The minimum Gasteiger partial charge on any atom is -0.390 e. The fourth-order valence-electron chi connectivity index (χ4n) is 6.84. The molecule has 1 N–H and O–H groups in total. The van der Waals surface area contributed by atoms with Gasteiger partial charge in [0.15, 0.2) is 0 Å². The number of hydrogen-bond acceptors (Lipinski definition) is 3. The van der Waals surface area contributed by atoms with E-state index in [1.165, 1.54) is 19.3 Å². The lowest BCUT2D eigenvalue weighted by molar-refractivity contribution is -0.203. The molecule has 0 aromatic rings. The minimum atomic E-state index is -0.425. The van der Waals surface area contributed by atoms with Crippen LogP contribution in [0.1, 0.15) is 52.4 Å². The van der Waals surface area contributed by atoms with Crippen molar-refractivity contribution in [2.75, 3.05) is 0 Å². The molecule has 5 rings (SSSR count). The van der Waals surface area contributed by atoms with E-state index < -0.39 is 11.8 Å². The number of hydrogen-bond donors (Lipinski definition) is 1. The molecule has 2 heterocycles. The van der Waals surface area contributed by atoms with Crippen LogP contribution in [-0.2, 0) is 9.53 Å². The molecule has 0 aromatic carbocycles. The van der Waals surface area contributed by atoms with Crippen molar-refractivity contribution in [2.45, 2.75) is 76.3 Å². The van der Waals surface area contributed by atoms with E-state index in [1.54, 1.807) is 0 Å². The number of likely N-dealkylation sites (tertiary alicyclic amines) is 1. The highest BCUT2D eigenvalue weighted by atomic mass is 16.6. The molecule has 2 bridgehead atoms. The molecule has 3 aliphatic carbocycles. The lowest BCUT2D eigenvalue weighted by Gasteiger charge is -2.47. The molecule has 5 aliphatic rings. The minimum absolute atomic E-state index is 0.0205. The van der Waals surface area contributed by atoms with Gasteiger partial charge in [-0.15, -0.1) is 0 Å². The summed E-state index contributed by atoms with van der Waals surface area (Å²) < 4.78 is 6.58. The number of carbonyl (C=O) groups excluding carboxylic acids is 1. The number of rotatable bonds is 2. The summed E-state index contributed by atoms with van der Waals surface area (Å²) >= 11 is 0. The predicted molar refractivity (Wildman–Crippen MR) is 80.7 cm³/mol. The van der Waals surface area contributed by atoms with Gasteiger partial charge in [0.1, 0.15) is 5.72 Å². The van der Waals surface area contributed by atoms with Crippen LogP contribution in [0.5, 0.6) is 0 Å². The Labute approximate surface area is 132 Å². The second-order valence-corrected chi connectivity index (χ2v) is 8.59. The van der Waals surface area contributed by atoms with Crippen molar-refractivity contribution in [1.82, 2.24) is 4.90 Å². The number of carbonyl (C=O) groups is 1. The standard InChI is InChI=1S/C18H27NO3/c1-9(2)18-14-12-8-11(15(20)16(12)22-18)13(14)17(21)19(18)10-6-4-3-5-7-10/h9-16,20H,3-8H2,1-2H3/t11-,12-,13+,14-,15+,16-,18-/m0/s1. The largest absolute Gasteiger partial charge is 0.390 e. The third kappa shape index (κ3) is 1.32. The molecule has 5 fully saturated rings. The van der Waals surface area contributed by atoms with Gasteiger partial charge in [0, 0.05) is 17.9 Å². The van der Waals surface area contributed by atoms with Gasteiger partial charge in [-0.3, -0.25) is 4.79 Å². The number of nitrogens with zero attached hydrogens (tertiary/aromatic N) is 1. The van der Waals surface area contributed by atoms with Crippen molar-refractivity contribution in [3.05, 3.63) is 0 Å². The second kappa shape index (κ2) is 4.27. The number of aliphatic hydroxyl groups is 1. The molecule has 7 atom stereocenters. The van der Waals surface area contributed by atoms with E-state index in [2.05, 4.69) is 18.7 Å². The molecule has 122 valence electrons. The van der Waals surface area contributed by atoms with Crippen LogP contribution in [0.25, 0.3) is 0 Å². The Hall–Kier alpha value is -0.610. The number of amides is 1. The lowest BCUT2D eigenvalue weighted by atomic mass is 9.74. The molecular weight excluding hydrogens is 278 g/mol. The van der Waals surface area contributed by atoms with Gasteiger partial charge < -0.3 is 14.7 Å². The number of aliphatic hydroxyl groups excluding tert-OH is 1. The zero-order valence-corrected chi connectivity index (χ0v) is 13.6. The van der Waals surface area contributed by atoms with Crippen LogP contribution < -0.4 is 0 Å². The Morgan fingerprint density at radius 1 is 1.23 bits per heavy atom. The van der Waals surface area contributed by atoms with Gasteiger partial charge in [-0.05, 0) is 31.1 Å². The van der Waals surface area contributed by atoms with Gasteiger partial charge in [0.05, 0.1) is 18.1 Å². The van der Waals surface area contributed by atoms with E-state index in [1.807, 2.05) is 0 Å². The first-order valence-corrected chi connectivity index (χ1v) is 9.26. The van der Waals surface area contributed by atoms with Gasteiger partial charge in [0.2, 0.25) is 5.91 Å². The Balaban J connectivity index is 1.61. The summed E-state index contributed by atoms with van der Waals surface area (Å²) in [5, 5.41) is 10.5. The summed E-state index contributed by atoms with van der Waals surface area (Å²) in [6, 6.07) is 0.365. The van der Waals surface area contributed by atoms with Crippen molar-refractivity contribution in [3.8, 4) is 0 Å². The third-order valence-corrected chi connectivity index (χ3v) is 7.52. The Bertz CT molecular complexity index is 514. The smallest absolute Gasteiger partial charge is 0.229 e. The molecular formula is C18H27NO3. The maximum Gasteiger partial charge on any atom is 0.229 e. The molecule has 22 heavy (non-hydrogen) atoms. The van der Waals surface area contributed by atoms with Crippen LogP contribution in [0, 0.1) is 29.6 Å². The van der Waals surface area contributed by atoms with Gasteiger partial charge in [-0.2, -0.15) is 0 Å². The van der Waals surface area contributed by atoms with Crippen LogP contribution in [0.4, 0.5) is 0 Å². The van der Waals surface area contributed by atoms with Crippen LogP contribution in [0.2, 0.25) is 0 Å². The third-order valence-electron chi connectivity index (χ3n) is 7.52. The summed E-state index contributed by atoms with van der Waals surface area (Å²) in [6.45, 7) is 4.41. The molecule has 2 aliphatic heterocycles. The van der Waals surface area contributed by atoms with Gasteiger partial charge in [-0.1, -0.05) is 33.1 Å². The van der Waals surface area contributed by atoms with E-state index in [0.29, 0.717) is 29.7 Å². The summed E-state index contributed by atoms with van der Waals surface area (Å²) in [6.07, 6.45) is 6.59. The highest BCUT2D eigenvalue weighted by Crippen LogP contribution is 2.69. The summed E-state index contributed by atoms with van der Waals surface area (Å²) in [5.74, 6) is 1.52. The molecule has 1 amide bonds. The highest BCUT2D eigenvalue weighted by molar-refractivity contribution is 5.85. The average molecular weight is 305 g/mol. The van der Waals surface area contributed by atoms with E-state index in [-0.39, 0.29) is 17.9 Å². The normalized spacial score (nSPS) is 53.3. The van der Waals surface area contributed by atoms with Crippen molar-refractivity contribution in [1.29, 1.82) is 0 Å². The molecule has 4 nitrogen and oxygen atoms in total. The Morgan fingerprint density at radius 3 is 2.64 bits per heavy atom. The first-order chi connectivity index (χ1) is 10.6. The number of ether oxygens (including phenoxy) is 1. The monoisotopic (exact) mass is 305 g/mol. The van der Waals surface area contributed by atoms with E-state index in [9.17, 15) is 9.90 Å². The summed E-state index contributed by atoms with van der Waals surface area (Å²) in [5.41, 5.74) is -0.425. The fourth-order valence-corrected chi connectivity index (χ4v) is 6.84. The maximum absolute atomic E-state index is 13.3. The highest BCUT2D eigenvalue weighted by Gasteiger charge is 2.79. The van der Waals surface area contributed by atoms with E-state index in [4.69, 9.17) is 4.74 Å². The van der Waals surface area contributed by atoms with Crippen LogP contribution in [-0.4, -0.2) is 39.9 Å². The summed E-state index contributed by atoms with van der Waals surface area (Å²) in [7, 11) is 0. The van der Waals surface area contributed by atoms with Crippen molar-refractivity contribution >= 4 is 5.91 Å². The topological polar surface area (TPSA) is 49.8 Å². The molecule has 2 saturated heterocycles. The van der Waals surface area contributed by atoms with Crippen molar-refractivity contribution in [3.63, 3.8) is 0 Å². The van der Waals surface area contributed by atoms with Crippen LogP contribution in [0.3, 0.4) is 0 Å². The molecule has 0 unspecified atom stereocenters. The lowest BCUT2D eigenvalue weighted by Crippen LogP contribution is -2.58. The van der Waals surface area contributed by atoms with Crippen LogP contribution in [0.15, 0.2) is 0 Å². The summed E-state index contributed by atoms with van der Waals surface area (Å²) in [4.78, 5) is 15.5. The Kier molecular flexibility index (Phi) is 2.68. The van der Waals surface area contributed by atoms with Crippen molar-refractivity contribution < 1.29 is 14.6 Å². The SMILES string of the molecule is CC(C)[C@]12O[C@@H]3[C@H](O)[C@H]4C[C@H]3[C@H]1[C@@H]4C(=O)N2C1CCCCC1. The second-order valence-electron chi connectivity index (χ2n) is 8.59. The van der Waals surface area contributed by atoms with Gasteiger partial charge >= 0.3 is 0 Å². The maximum atomic E-state index is 13.3. The quantitative estimate of drug-likeness (QED) is 0.850. The zero-order valence-electron chi connectivity index (χ0n) is 13.6. The predicted octanol–water partition coefficient (Wildman–Crippen LogP) is 2.16. The van der Waals surface area contributed by atoms with E-state index >= 15 is 0 Å². The van der Waals surface area contributed by atoms with Crippen LogP contribution >= 0.6 is 0 Å². The molecule has 0 radical (unpaired) electrons. The first kappa shape index (κ1) is 13.8. The molecule has 0 spiro atoms. The van der Waals surface area contributed by atoms with E-state index in [0.717, 1.165) is 19.3 Å². The molecule has 3 saturated carbocycles. The first-order valence-electron chi connectivity index (χ1n) is 9.26. The number of fused-ring (bicyclic) bond motifs is 2. The Morgan fingerprint density at radius 2 is 1.95 bits per heavy atom. The molecule has 0 aromatic heterocycles. The molecule has 4 heteroatoms. The fraction of sp³-hybridized carbons (Fsp3) is 0.944.